The highest BCUT2D eigenvalue weighted by Crippen LogP contribution is 2.17. The SMILES string of the molecule is CCOC(=O)c1ccccc1NC(=S)N(C)Cc1ccccc1. The number of hydrogen-bond acceptors (Lipinski definition) is 3. The van der Waals surface area contributed by atoms with Crippen LogP contribution in [-0.4, -0.2) is 29.6 Å². The van der Waals surface area contributed by atoms with Gasteiger partial charge in [0.25, 0.3) is 0 Å². The Bertz CT molecular complexity index is 674. The van der Waals surface area contributed by atoms with Gasteiger partial charge in [0.1, 0.15) is 0 Å². The number of rotatable bonds is 5. The molecule has 0 aliphatic heterocycles. The van der Waals surface area contributed by atoms with Crippen molar-refractivity contribution in [3.05, 3.63) is 65.7 Å². The molecule has 0 aliphatic carbocycles. The van der Waals surface area contributed by atoms with Gasteiger partial charge in [0.2, 0.25) is 0 Å². The Morgan fingerprint density at radius 2 is 1.78 bits per heavy atom. The maximum Gasteiger partial charge on any atom is 0.340 e. The zero-order valence-corrected chi connectivity index (χ0v) is 14.1. The van der Waals surface area contributed by atoms with Gasteiger partial charge < -0.3 is 15.0 Å². The molecule has 2 aromatic carbocycles. The number of thiocarbonyl (C=S) groups is 1. The average Bonchev–Trinajstić information content (AvgIpc) is 2.56. The molecule has 0 fully saturated rings. The molecule has 2 rings (SSSR count). The van der Waals surface area contributed by atoms with Gasteiger partial charge in [-0.1, -0.05) is 42.5 Å². The number of nitrogens with zero attached hydrogens (tertiary/aromatic N) is 1. The van der Waals surface area contributed by atoms with E-state index < -0.39 is 0 Å². The summed E-state index contributed by atoms with van der Waals surface area (Å²) in [6, 6.07) is 17.3. The quantitative estimate of drug-likeness (QED) is 0.670. The van der Waals surface area contributed by atoms with Gasteiger partial charge in [0.15, 0.2) is 5.11 Å². The Kier molecular flexibility index (Phi) is 6.11. The van der Waals surface area contributed by atoms with Gasteiger partial charge in [-0.05, 0) is 36.8 Å². The summed E-state index contributed by atoms with van der Waals surface area (Å²) in [7, 11) is 1.91. The molecule has 0 saturated carbocycles. The number of benzene rings is 2. The lowest BCUT2D eigenvalue weighted by atomic mass is 10.2. The molecule has 0 spiro atoms. The summed E-state index contributed by atoms with van der Waals surface area (Å²) in [5.74, 6) is -0.357. The molecule has 4 nitrogen and oxygen atoms in total. The molecular formula is C18H20N2O2S. The molecule has 0 saturated heterocycles. The lowest BCUT2D eigenvalue weighted by Crippen LogP contribution is -2.31. The van der Waals surface area contributed by atoms with Crippen molar-refractivity contribution in [1.29, 1.82) is 0 Å². The van der Waals surface area contributed by atoms with Gasteiger partial charge in [0.05, 0.1) is 17.9 Å². The highest BCUT2D eigenvalue weighted by atomic mass is 32.1. The lowest BCUT2D eigenvalue weighted by molar-refractivity contribution is 0.0527. The number of carbonyl (C=O) groups excluding carboxylic acids is 1. The molecule has 5 heteroatoms. The van der Waals surface area contributed by atoms with E-state index in [1.807, 2.05) is 54.4 Å². The van der Waals surface area contributed by atoms with E-state index in [1.165, 1.54) is 0 Å². The normalized spacial score (nSPS) is 10.0. The van der Waals surface area contributed by atoms with Crippen molar-refractivity contribution in [2.24, 2.45) is 0 Å². The van der Waals surface area contributed by atoms with Crippen molar-refractivity contribution in [2.45, 2.75) is 13.5 Å². The minimum Gasteiger partial charge on any atom is -0.462 e. The fourth-order valence-corrected chi connectivity index (χ4v) is 2.29. The molecule has 23 heavy (non-hydrogen) atoms. The third-order valence-corrected chi connectivity index (χ3v) is 3.69. The second-order valence-corrected chi connectivity index (χ2v) is 5.42. The molecule has 0 heterocycles. The predicted molar refractivity (Wildman–Crippen MR) is 96.5 cm³/mol. The molecule has 0 radical (unpaired) electrons. The molecule has 0 bridgehead atoms. The smallest absolute Gasteiger partial charge is 0.340 e. The van der Waals surface area contributed by atoms with Crippen molar-refractivity contribution in [1.82, 2.24) is 4.90 Å². The zero-order valence-electron chi connectivity index (χ0n) is 13.3. The van der Waals surface area contributed by atoms with Crippen LogP contribution in [-0.2, 0) is 11.3 Å². The number of carbonyl (C=O) groups is 1. The highest BCUT2D eigenvalue weighted by Gasteiger charge is 2.14. The second kappa shape index (κ2) is 8.29. The Balaban J connectivity index is 2.06. The number of para-hydroxylation sites is 1. The minimum atomic E-state index is -0.357. The van der Waals surface area contributed by atoms with E-state index in [2.05, 4.69) is 5.32 Å². The lowest BCUT2D eigenvalue weighted by Gasteiger charge is -2.22. The molecule has 0 atom stereocenters. The molecule has 0 amide bonds. The van der Waals surface area contributed by atoms with Crippen molar-refractivity contribution >= 4 is 29.0 Å². The number of esters is 1. The van der Waals surface area contributed by atoms with Crippen LogP contribution in [0.1, 0.15) is 22.8 Å². The summed E-state index contributed by atoms with van der Waals surface area (Å²) in [4.78, 5) is 13.9. The van der Waals surface area contributed by atoms with Crippen LogP contribution < -0.4 is 5.32 Å². The third-order valence-electron chi connectivity index (χ3n) is 3.27. The van der Waals surface area contributed by atoms with Crippen molar-refractivity contribution in [2.75, 3.05) is 19.0 Å². The van der Waals surface area contributed by atoms with Crippen molar-refractivity contribution < 1.29 is 9.53 Å². The van der Waals surface area contributed by atoms with E-state index >= 15 is 0 Å². The summed E-state index contributed by atoms with van der Waals surface area (Å²) in [6.07, 6.45) is 0. The van der Waals surface area contributed by atoms with E-state index in [-0.39, 0.29) is 5.97 Å². The summed E-state index contributed by atoms with van der Waals surface area (Å²) in [6.45, 7) is 2.81. The first-order chi connectivity index (χ1) is 11.1. The van der Waals surface area contributed by atoms with Crippen LogP contribution in [0.2, 0.25) is 0 Å². The van der Waals surface area contributed by atoms with Crippen LogP contribution in [0.15, 0.2) is 54.6 Å². The van der Waals surface area contributed by atoms with E-state index in [4.69, 9.17) is 17.0 Å². The van der Waals surface area contributed by atoms with Gasteiger partial charge in [-0.25, -0.2) is 4.79 Å². The summed E-state index contributed by atoms with van der Waals surface area (Å²) in [5, 5.41) is 3.67. The second-order valence-electron chi connectivity index (χ2n) is 5.04. The fourth-order valence-electron chi connectivity index (χ4n) is 2.12. The Morgan fingerprint density at radius 1 is 1.13 bits per heavy atom. The van der Waals surface area contributed by atoms with Crippen LogP contribution in [0, 0.1) is 0 Å². The average molecular weight is 328 g/mol. The van der Waals surface area contributed by atoms with Crippen LogP contribution in [0.5, 0.6) is 0 Å². The van der Waals surface area contributed by atoms with E-state index in [9.17, 15) is 4.79 Å². The Hall–Kier alpha value is -2.40. The van der Waals surface area contributed by atoms with Crippen LogP contribution >= 0.6 is 12.2 Å². The summed E-state index contributed by atoms with van der Waals surface area (Å²) >= 11 is 5.43. The van der Waals surface area contributed by atoms with Gasteiger partial charge in [-0.15, -0.1) is 0 Å². The fraction of sp³-hybridized carbons (Fsp3) is 0.222. The first kappa shape index (κ1) is 17.0. The maximum atomic E-state index is 12.0. The number of ether oxygens (including phenoxy) is 1. The van der Waals surface area contributed by atoms with Crippen molar-refractivity contribution in [3.8, 4) is 0 Å². The van der Waals surface area contributed by atoms with E-state index in [0.29, 0.717) is 29.5 Å². The monoisotopic (exact) mass is 328 g/mol. The predicted octanol–water partition coefficient (Wildman–Crippen LogP) is 3.69. The van der Waals surface area contributed by atoms with Crippen LogP contribution in [0.4, 0.5) is 5.69 Å². The number of hydrogen-bond donors (Lipinski definition) is 1. The van der Waals surface area contributed by atoms with Crippen LogP contribution in [0.3, 0.4) is 0 Å². The molecular weight excluding hydrogens is 308 g/mol. The third kappa shape index (κ3) is 4.79. The highest BCUT2D eigenvalue weighted by molar-refractivity contribution is 7.80. The van der Waals surface area contributed by atoms with Crippen molar-refractivity contribution in [3.63, 3.8) is 0 Å². The summed E-state index contributed by atoms with van der Waals surface area (Å²) in [5.41, 5.74) is 2.29. The summed E-state index contributed by atoms with van der Waals surface area (Å²) < 4.78 is 5.07. The number of nitrogens with one attached hydrogen (secondary N) is 1. The standard InChI is InChI=1S/C18H20N2O2S/c1-3-22-17(21)15-11-7-8-12-16(15)19-18(23)20(2)13-14-9-5-4-6-10-14/h4-12H,3,13H2,1-2H3,(H,19,23). The first-order valence-electron chi connectivity index (χ1n) is 7.44. The molecule has 0 aromatic heterocycles. The topological polar surface area (TPSA) is 41.6 Å². The molecule has 2 aromatic rings. The largest absolute Gasteiger partial charge is 0.462 e. The van der Waals surface area contributed by atoms with Crippen LogP contribution in [0.25, 0.3) is 0 Å². The van der Waals surface area contributed by atoms with Gasteiger partial charge in [-0.2, -0.15) is 0 Å². The number of anilines is 1. The zero-order chi connectivity index (χ0) is 16.7. The van der Waals surface area contributed by atoms with Gasteiger partial charge in [-0.3, -0.25) is 0 Å². The van der Waals surface area contributed by atoms with E-state index in [0.717, 1.165) is 5.56 Å². The van der Waals surface area contributed by atoms with Gasteiger partial charge >= 0.3 is 5.97 Å². The molecule has 1 N–H and O–H groups in total. The minimum absolute atomic E-state index is 0.339. The Morgan fingerprint density at radius 3 is 2.48 bits per heavy atom. The first-order valence-corrected chi connectivity index (χ1v) is 7.85. The van der Waals surface area contributed by atoms with E-state index in [1.54, 1.807) is 19.1 Å². The molecule has 120 valence electrons. The van der Waals surface area contributed by atoms with Gasteiger partial charge in [0, 0.05) is 13.6 Å². The maximum absolute atomic E-state index is 12.0. The Labute approximate surface area is 142 Å². The molecule has 0 aliphatic rings. The molecule has 0 unspecified atom stereocenters.